The molecule has 0 aliphatic heterocycles. The zero-order chi connectivity index (χ0) is 21.6. The Morgan fingerprint density at radius 3 is 2.62 bits per heavy atom. The number of fused-ring (bicyclic) bond motifs is 1. The number of nitrogens with one attached hydrogen (secondary N) is 1. The smallest absolute Gasteiger partial charge is 0.337 e. The van der Waals surface area contributed by atoms with Crippen molar-refractivity contribution in [3.63, 3.8) is 0 Å². The Hall–Kier alpha value is -2.35. The summed E-state index contributed by atoms with van der Waals surface area (Å²) in [7, 11) is 1.31. The molecule has 0 saturated heterocycles. The number of ether oxygens (including phenoxy) is 1. The van der Waals surface area contributed by atoms with Gasteiger partial charge in [0.25, 0.3) is 5.56 Å². The zero-order valence-electron chi connectivity index (χ0n) is 17.7. The van der Waals surface area contributed by atoms with E-state index in [9.17, 15) is 14.4 Å². The molecule has 0 saturated carbocycles. The summed E-state index contributed by atoms with van der Waals surface area (Å²) in [5.74, 6) is -0.178. The standard InChI is InChI=1S/C21H29N3O4S/c1-6-7-14(4)22-18(25)12-29-21-23-17-10-15(20(27)28-5)8-9-16(17)19(26)24(21)11-13(2)3/h8-10,13-14H,6-7,11-12H2,1-5H3,(H,22,25)/t14-/m1/s1. The fourth-order valence-electron chi connectivity index (χ4n) is 3.03. The van der Waals surface area contributed by atoms with Crippen molar-refractivity contribution in [2.24, 2.45) is 5.92 Å². The molecule has 158 valence electrons. The molecule has 8 heteroatoms. The average Bonchev–Trinajstić information content (AvgIpc) is 2.67. The number of esters is 1. The largest absolute Gasteiger partial charge is 0.465 e. The zero-order valence-corrected chi connectivity index (χ0v) is 18.5. The Morgan fingerprint density at radius 2 is 2.00 bits per heavy atom. The van der Waals surface area contributed by atoms with Crippen LogP contribution in [0, 0.1) is 5.92 Å². The molecule has 0 aliphatic carbocycles. The maximum absolute atomic E-state index is 13.0. The molecule has 1 N–H and O–H groups in total. The fraction of sp³-hybridized carbons (Fsp3) is 0.524. The Kier molecular flexibility index (Phi) is 8.25. The van der Waals surface area contributed by atoms with E-state index in [-0.39, 0.29) is 29.2 Å². The minimum absolute atomic E-state index is 0.0929. The normalized spacial score (nSPS) is 12.2. The van der Waals surface area contributed by atoms with E-state index in [0.717, 1.165) is 12.8 Å². The van der Waals surface area contributed by atoms with Crippen LogP contribution in [0.25, 0.3) is 10.9 Å². The van der Waals surface area contributed by atoms with Crippen LogP contribution in [-0.4, -0.2) is 40.3 Å². The van der Waals surface area contributed by atoms with Crippen LogP contribution in [0.15, 0.2) is 28.2 Å². The Bertz CT molecular complexity index is 939. The second-order valence-corrected chi connectivity index (χ2v) is 8.42. The van der Waals surface area contributed by atoms with Crippen LogP contribution in [-0.2, 0) is 16.1 Å². The van der Waals surface area contributed by atoms with Gasteiger partial charge in [-0.3, -0.25) is 14.2 Å². The maximum atomic E-state index is 13.0. The van der Waals surface area contributed by atoms with Crippen LogP contribution in [0.3, 0.4) is 0 Å². The second-order valence-electron chi connectivity index (χ2n) is 7.47. The van der Waals surface area contributed by atoms with Crippen molar-refractivity contribution < 1.29 is 14.3 Å². The average molecular weight is 420 g/mol. The molecule has 1 aromatic heterocycles. The van der Waals surface area contributed by atoms with Gasteiger partial charge in [-0.25, -0.2) is 9.78 Å². The highest BCUT2D eigenvalue weighted by atomic mass is 32.2. The molecule has 0 fully saturated rings. The Morgan fingerprint density at radius 1 is 1.28 bits per heavy atom. The van der Waals surface area contributed by atoms with Crippen LogP contribution >= 0.6 is 11.8 Å². The molecular weight excluding hydrogens is 390 g/mol. The summed E-state index contributed by atoms with van der Waals surface area (Å²) >= 11 is 1.23. The predicted molar refractivity (Wildman–Crippen MR) is 115 cm³/mol. The molecule has 2 aromatic rings. The highest BCUT2D eigenvalue weighted by molar-refractivity contribution is 7.99. The van der Waals surface area contributed by atoms with Crippen molar-refractivity contribution >= 4 is 34.5 Å². The molecule has 29 heavy (non-hydrogen) atoms. The van der Waals surface area contributed by atoms with Gasteiger partial charge in [-0.1, -0.05) is 39.0 Å². The first-order chi connectivity index (χ1) is 13.8. The summed E-state index contributed by atoms with van der Waals surface area (Å²) in [6, 6.07) is 4.82. The number of carbonyl (C=O) groups excluding carboxylic acids is 2. The number of benzene rings is 1. The first-order valence-corrected chi connectivity index (χ1v) is 10.8. The van der Waals surface area contributed by atoms with Gasteiger partial charge in [-0.2, -0.15) is 0 Å². The highest BCUT2D eigenvalue weighted by Gasteiger charge is 2.16. The van der Waals surface area contributed by atoms with Gasteiger partial charge in [0.15, 0.2) is 5.16 Å². The van der Waals surface area contributed by atoms with Crippen LogP contribution in [0.4, 0.5) is 0 Å². The van der Waals surface area contributed by atoms with Gasteiger partial charge in [0.05, 0.1) is 29.3 Å². The molecule has 2 rings (SSSR count). The fourth-order valence-corrected chi connectivity index (χ4v) is 3.85. The van der Waals surface area contributed by atoms with Crippen LogP contribution in [0.5, 0.6) is 0 Å². The lowest BCUT2D eigenvalue weighted by atomic mass is 10.1. The van der Waals surface area contributed by atoms with Crippen LogP contribution in [0.1, 0.15) is 50.9 Å². The van der Waals surface area contributed by atoms with Crippen LogP contribution in [0.2, 0.25) is 0 Å². The minimum atomic E-state index is -0.487. The number of amides is 1. The lowest BCUT2D eigenvalue weighted by Gasteiger charge is -2.16. The second kappa shape index (κ2) is 10.4. The SMILES string of the molecule is CCC[C@@H](C)NC(=O)CSc1nc2cc(C(=O)OC)ccc2c(=O)n1CC(C)C. The molecule has 1 atom stereocenters. The van der Waals surface area contributed by atoms with Crippen molar-refractivity contribution in [3.8, 4) is 0 Å². The molecule has 1 heterocycles. The van der Waals surface area contributed by atoms with E-state index in [1.807, 2.05) is 20.8 Å². The molecule has 0 bridgehead atoms. The summed E-state index contributed by atoms with van der Waals surface area (Å²) < 4.78 is 6.36. The first kappa shape index (κ1) is 22.9. The topological polar surface area (TPSA) is 90.3 Å². The van der Waals surface area contributed by atoms with Crippen molar-refractivity contribution in [1.82, 2.24) is 14.9 Å². The first-order valence-electron chi connectivity index (χ1n) is 9.81. The summed E-state index contributed by atoms with van der Waals surface area (Å²) in [6.45, 7) is 8.58. The third kappa shape index (κ3) is 6.06. The van der Waals surface area contributed by atoms with Gasteiger partial charge in [-0.05, 0) is 37.5 Å². The van der Waals surface area contributed by atoms with E-state index in [1.54, 1.807) is 22.8 Å². The Balaban J connectivity index is 2.38. The van der Waals surface area contributed by atoms with Gasteiger partial charge >= 0.3 is 5.97 Å². The van der Waals surface area contributed by atoms with Crippen molar-refractivity contribution in [2.45, 2.75) is 58.3 Å². The van der Waals surface area contributed by atoms with Crippen molar-refractivity contribution in [3.05, 3.63) is 34.1 Å². The summed E-state index contributed by atoms with van der Waals surface area (Å²) in [6.07, 6.45) is 1.91. The van der Waals surface area contributed by atoms with E-state index >= 15 is 0 Å². The number of nitrogens with zero attached hydrogens (tertiary/aromatic N) is 2. The number of aromatic nitrogens is 2. The highest BCUT2D eigenvalue weighted by Crippen LogP contribution is 2.20. The third-order valence-electron chi connectivity index (χ3n) is 4.35. The van der Waals surface area contributed by atoms with Gasteiger partial charge < -0.3 is 10.1 Å². The van der Waals surface area contributed by atoms with Gasteiger partial charge in [-0.15, -0.1) is 0 Å². The van der Waals surface area contributed by atoms with Crippen molar-refractivity contribution in [1.29, 1.82) is 0 Å². The number of hydrogen-bond donors (Lipinski definition) is 1. The number of rotatable bonds is 9. The number of thioether (sulfide) groups is 1. The van der Waals surface area contributed by atoms with E-state index in [1.165, 1.54) is 18.9 Å². The third-order valence-corrected chi connectivity index (χ3v) is 5.33. The Labute approximate surface area is 175 Å². The lowest BCUT2D eigenvalue weighted by molar-refractivity contribution is -0.119. The van der Waals surface area contributed by atoms with Crippen molar-refractivity contribution in [2.75, 3.05) is 12.9 Å². The number of carbonyl (C=O) groups is 2. The van der Waals surface area contributed by atoms with Gasteiger partial charge in [0.2, 0.25) is 5.91 Å². The predicted octanol–water partition coefficient (Wildman–Crippen LogP) is 3.24. The molecule has 7 nitrogen and oxygen atoms in total. The monoisotopic (exact) mass is 419 g/mol. The maximum Gasteiger partial charge on any atom is 0.337 e. The quantitative estimate of drug-likeness (QED) is 0.381. The molecule has 1 amide bonds. The molecule has 0 aliphatic rings. The summed E-state index contributed by atoms with van der Waals surface area (Å²) in [5.41, 5.74) is 0.568. The van der Waals surface area contributed by atoms with E-state index in [2.05, 4.69) is 17.2 Å². The molecule has 0 unspecified atom stereocenters. The van der Waals surface area contributed by atoms with E-state index in [0.29, 0.717) is 28.2 Å². The minimum Gasteiger partial charge on any atom is -0.465 e. The van der Waals surface area contributed by atoms with E-state index in [4.69, 9.17) is 4.74 Å². The molecule has 0 radical (unpaired) electrons. The molecular formula is C21H29N3O4S. The van der Waals surface area contributed by atoms with Crippen LogP contribution < -0.4 is 10.9 Å². The van der Waals surface area contributed by atoms with Gasteiger partial charge in [0, 0.05) is 12.6 Å². The van der Waals surface area contributed by atoms with E-state index < -0.39 is 5.97 Å². The summed E-state index contributed by atoms with van der Waals surface area (Å²) in [4.78, 5) is 41.7. The molecule has 0 spiro atoms. The van der Waals surface area contributed by atoms with Gasteiger partial charge in [0.1, 0.15) is 0 Å². The number of hydrogen-bond acceptors (Lipinski definition) is 6. The summed E-state index contributed by atoms with van der Waals surface area (Å²) in [5, 5.41) is 3.86. The number of methoxy groups -OCH3 is 1. The molecule has 1 aromatic carbocycles. The lowest BCUT2D eigenvalue weighted by Crippen LogP contribution is -2.34.